The first-order chi connectivity index (χ1) is 7.63. The average molecular weight is 223 g/mol. The molecule has 0 amide bonds. The third-order valence-corrected chi connectivity index (χ3v) is 3.90. The van der Waals surface area contributed by atoms with Crippen LogP contribution in [0, 0.1) is 17.2 Å². The normalized spacial score (nSPS) is 25.2. The summed E-state index contributed by atoms with van der Waals surface area (Å²) in [6.07, 6.45) is 5.27. The molecule has 0 spiro atoms. The first kappa shape index (κ1) is 13.5. The Hall–Kier alpha value is -0.590. The number of hydrogen-bond acceptors (Lipinski definition) is 3. The molecule has 92 valence electrons. The predicted octanol–water partition coefficient (Wildman–Crippen LogP) is 2.13. The molecule has 1 rings (SSSR count). The third-order valence-electron chi connectivity index (χ3n) is 3.90. The van der Waals surface area contributed by atoms with Crippen LogP contribution in [0.3, 0.4) is 0 Å². The van der Waals surface area contributed by atoms with Gasteiger partial charge in [0.2, 0.25) is 0 Å². The summed E-state index contributed by atoms with van der Waals surface area (Å²) in [6.45, 7) is 7.84. The molecule has 0 aliphatic carbocycles. The van der Waals surface area contributed by atoms with Gasteiger partial charge in [0.1, 0.15) is 5.54 Å². The van der Waals surface area contributed by atoms with Gasteiger partial charge in [0.15, 0.2) is 0 Å². The summed E-state index contributed by atoms with van der Waals surface area (Å²) in [5.41, 5.74) is 5.36. The van der Waals surface area contributed by atoms with Gasteiger partial charge in [-0.1, -0.05) is 20.3 Å². The van der Waals surface area contributed by atoms with Gasteiger partial charge >= 0.3 is 0 Å². The van der Waals surface area contributed by atoms with Crippen LogP contribution < -0.4 is 5.73 Å². The van der Waals surface area contributed by atoms with Crippen LogP contribution in [0.2, 0.25) is 0 Å². The highest BCUT2D eigenvalue weighted by molar-refractivity contribution is 5.03. The van der Waals surface area contributed by atoms with Crippen LogP contribution in [0.25, 0.3) is 0 Å². The summed E-state index contributed by atoms with van der Waals surface area (Å²) in [6, 6.07) is 2.23. The number of hydrogen-bond donors (Lipinski definition) is 1. The second kappa shape index (κ2) is 6.22. The first-order valence-electron chi connectivity index (χ1n) is 6.56. The molecule has 0 aromatic rings. The molecule has 0 saturated carbocycles. The van der Waals surface area contributed by atoms with Crippen LogP contribution >= 0.6 is 0 Å². The Morgan fingerprint density at radius 1 is 1.50 bits per heavy atom. The van der Waals surface area contributed by atoms with E-state index in [1.54, 1.807) is 0 Å². The smallest absolute Gasteiger partial charge is 0.104 e. The topological polar surface area (TPSA) is 53.0 Å². The maximum atomic E-state index is 8.97. The Kier molecular flexibility index (Phi) is 5.24. The van der Waals surface area contributed by atoms with Crippen molar-refractivity contribution in [3.8, 4) is 6.07 Å². The molecule has 2 N–H and O–H groups in total. The van der Waals surface area contributed by atoms with Crippen molar-refractivity contribution in [2.45, 2.75) is 51.5 Å². The van der Waals surface area contributed by atoms with Gasteiger partial charge in [0.25, 0.3) is 0 Å². The molecule has 1 aliphatic rings. The summed E-state index contributed by atoms with van der Waals surface area (Å²) in [5.74, 6) is 0.893. The summed E-state index contributed by atoms with van der Waals surface area (Å²) in [5, 5.41) is 8.97. The monoisotopic (exact) mass is 223 g/mol. The molecule has 1 saturated heterocycles. The molecule has 0 radical (unpaired) electrons. The van der Waals surface area contributed by atoms with E-state index in [1.165, 1.54) is 25.9 Å². The maximum absolute atomic E-state index is 8.97. The van der Waals surface area contributed by atoms with Gasteiger partial charge in [-0.15, -0.1) is 0 Å². The Labute approximate surface area is 99.6 Å². The van der Waals surface area contributed by atoms with E-state index in [2.05, 4.69) is 17.9 Å². The molecular weight excluding hydrogens is 198 g/mol. The zero-order chi connectivity index (χ0) is 12.0. The molecule has 1 fully saturated rings. The van der Waals surface area contributed by atoms with E-state index in [1.807, 2.05) is 6.92 Å². The molecule has 1 aliphatic heterocycles. The highest BCUT2D eigenvalue weighted by Gasteiger charge is 2.24. The van der Waals surface area contributed by atoms with Gasteiger partial charge < -0.3 is 10.6 Å². The van der Waals surface area contributed by atoms with Crippen LogP contribution in [0.1, 0.15) is 46.0 Å². The molecule has 0 aromatic heterocycles. The molecule has 16 heavy (non-hydrogen) atoms. The minimum atomic E-state index is -0.593. The van der Waals surface area contributed by atoms with Crippen molar-refractivity contribution in [1.82, 2.24) is 4.90 Å². The second-order valence-corrected chi connectivity index (χ2v) is 5.09. The molecule has 1 heterocycles. The summed E-state index contributed by atoms with van der Waals surface area (Å²) >= 11 is 0. The van der Waals surface area contributed by atoms with Gasteiger partial charge in [-0.05, 0) is 44.7 Å². The molecule has 3 nitrogen and oxygen atoms in total. The van der Waals surface area contributed by atoms with E-state index < -0.39 is 5.54 Å². The summed E-state index contributed by atoms with van der Waals surface area (Å²) < 4.78 is 0. The van der Waals surface area contributed by atoms with Crippen LogP contribution in [0.15, 0.2) is 0 Å². The zero-order valence-corrected chi connectivity index (χ0v) is 10.7. The summed E-state index contributed by atoms with van der Waals surface area (Å²) in [4.78, 5) is 2.52. The standard InChI is InChI=1S/C13H25N3/c1-3-12-6-9-16(10-12)8-5-7-13(15,4-2)11-14/h12H,3-10,15H2,1-2H3. The van der Waals surface area contributed by atoms with Gasteiger partial charge in [-0.2, -0.15) is 5.26 Å². The Balaban J connectivity index is 2.19. The predicted molar refractivity (Wildman–Crippen MR) is 66.9 cm³/mol. The van der Waals surface area contributed by atoms with Crippen molar-refractivity contribution in [2.24, 2.45) is 11.7 Å². The lowest BCUT2D eigenvalue weighted by Gasteiger charge is -2.21. The van der Waals surface area contributed by atoms with E-state index >= 15 is 0 Å². The van der Waals surface area contributed by atoms with E-state index in [9.17, 15) is 0 Å². The van der Waals surface area contributed by atoms with Crippen molar-refractivity contribution in [1.29, 1.82) is 5.26 Å². The fourth-order valence-corrected chi connectivity index (χ4v) is 2.38. The fourth-order valence-electron chi connectivity index (χ4n) is 2.38. The van der Waals surface area contributed by atoms with Gasteiger partial charge in [-0.25, -0.2) is 0 Å². The Morgan fingerprint density at radius 2 is 2.25 bits per heavy atom. The number of rotatable bonds is 6. The Morgan fingerprint density at radius 3 is 2.75 bits per heavy atom. The molecule has 0 aromatic carbocycles. The largest absolute Gasteiger partial charge is 0.313 e. The van der Waals surface area contributed by atoms with E-state index in [4.69, 9.17) is 11.0 Å². The van der Waals surface area contributed by atoms with E-state index in [0.717, 1.165) is 31.7 Å². The molecule has 3 heteroatoms. The quantitative estimate of drug-likeness (QED) is 0.750. The fraction of sp³-hybridized carbons (Fsp3) is 0.923. The number of nitriles is 1. The van der Waals surface area contributed by atoms with E-state index in [-0.39, 0.29) is 0 Å². The highest BCUT2D eigenvalue weighted by Crippen LogP contribution is 2.20. The van der Waals surface area contributed by atoms with Crippen LogP contribution in [0.5, 0.6) is 0 Å². The maximum Gasteiger partial charge on any atom is 0.104 e. The zero-order valence-electron chi connectivity index (χ0n) is 10.7. The van der Waals surface area contributed by atoms with Crippen LogP contribution in [-0.2, 0) is 0 Å². The van der Waals surface area contributed by atoms with Crippen molar-refractivity contribution in [2.75, 3.05) is 19.6 Å². The third kappa shape index (κ3) is 3.77. The lowest BCUT2D eigenvalue weighted by Crippen LogP contribution is -2.38. The van der Waals surface area contributed by atoms with Crippen molar-refractivity contribution in [3.63, 3.8) is 0 Å². The molecule has 2 atom stereocenters. The number of likely N-dealkylation sites (tertiary alicyclic amines) is 1. The molecular formula is C13H25N3. The second-order valence-electron chi connectivity index (χ2n) is 5.09. The van der Waals surface area contributed by atoms with Crippen molar-refractivity contribution >= 4 is 0 Å². The summed E-state index contributed by atoms with van der Waals surface area (Å²) in [7, 11) is 0. The van der Waals surface area contributed by atoms with Crippen molar-refractivity contribution < 1.29 is 0 Å². The first-order valence-corrected chi connectivity index (χ1v) is 6.56. The minimum Gasteiger partial charge on any atom is -0.313 e. The SMILES string of the molecule is CCC1CCN(CCCC(N)(C#N)CC)C1. The number of nitrogens with zero attached hydrogens (tertiary/aromatic N) is 2. The molecule has 2 unspecified atom stereocenters. The van der Waals surface area contributed by atoms with Gasteiger partial charge in [0.05, 0.1) is 6.07 Å². The van der Waals surface area contributed by atoms with Crippen molar-refractivity contribution in [3.05, 3.63) is 0 Å². The lowest BCUT2D eigenvalue weighted by molar-refractivity contribution is 0.302. The van der Waals surface area contributed by atoms with Crippen LogP contribution in [0.4, 0.5) is 0 Å². The number of nitrogens with two attached hydrogens (primary N) is 1. The lowest BCUT2D eigenvalue weighted by atomic mass is 9.93. The minimum absolute atomic E-state index is 0.593. The Bertz CT molecular complexity index is 246. The average Bonchev–Trinajstić information content (AvgIpc) is 2.77. The van der Waals surface area contributed by atoms with Crippen LogP contribution in [-0.4, -0.2) is 30.1 Å². The molecule has 0 bridgehead atoms. The highest BCUT2D eigenvalue weighted by atomic mass is 15.1. The van der Waals surface area contributed by atoms with Gasteiger partial charge in [-0.3, -0.25) is 0 Å². The van der Waals surface area contributed by atoms with E-state index in [0.29, 0.717) is 0 Å². The van der Waals surface area contributed by atoms with Gasteiger partial charge in [0, 0.05) is 6.54 Å².